The lowest BCUT2D eigenvalue weighted by atomic mass is 10.1. The largest absolute Gasteiger partial charge is 0.351 e. The summed E-state index contributed by atoms with van der Waals surface area (Å²) in [4.78, 5) is 26.0. The lowest BCUT2D eigenvalue weighted by Crippen LogP contribution is -2.38. The topological polar surface area (TPSA) is 61.4 Å². The number of hydrogen-bond donors (Lipinski definition) is 2. The van der Waals surface area contributed by atoms with Gasteiger partial charge in [0, 0.05) is 17.3 Å². The highest BCUT2D eigenvalue weighted by Gasteiger charge is 2.13. The molecule has 2 aromatic carbocycles. The van der Waals surface area contributed by atoms with E-state index >= 15 is 0 Å². The molecular formula is C20H24ClN3O2. The average Bonchev–Trinajstić information content (AvgIpc) is 2.57. The van der Waals surface area contributed by atoms with Crippen molar-refractivity contribution in [1.29, 1.82) is 0 Å². The third-order valence-corrected chi connectivity index (χ3v) is 4.38. The maximum atomic E-state index is 12.2. The number of rotatable bonds is 7. The number of aryl methyl sites for hydroxylation is 2. The molecular weight excluding hydrogens is 350 g/mol. The standard InChI is InChI=1S/C20H24ClN3O2/c1-14-7-6-8-15(2)20(14)23-19(26)13-24(3)12-18(25)22-11-16-9-4-5-10-17(16)21/h4-10H,11-13H2,1-3H3,(H,22,25)(H,23,26). The average molecular weight is 374 g/mol. The van der Waals surface area contributed by atoms with Crippen LogP contribution in [-0.4, -0.2) is 36.9 Å². The van der Waals surface area contributed by atoms with Gasteiger partial charge >= 0.3 is 0 Å². The Morgan fingerprint density at radius 1 is 0.962 bits per heavy atom. The van der Waals surface area contributed by atoms with E-state index in [0.29, 0.717) is 11.6 Å². The molecule has 0 saturated carbocycles. The number of likely N-dealkylation sites (N-methyl/N-ethyl adjacent to an activating group) is 1. The van der Waals surface area contributed by atoms with Crippen molar-refractivity contribution in [2.24, 2.45) is 0 Å². The summed E-state index contributed by atoms with van der Waals surface area (Å²) >= 11 is 6.07. The molecule has 0 radical (unpaired) electrons. The number of amides is 2. The maximum absolute atomic E-state index is 12.2. The highest BCUT2D eigenvalue weighted by Crippen LogP contribution is 2.19. The minimum absolute atomic E-state index is 0.130. The first kappa shape index (κ1) is 19.9. The van der Waals surface area contributed by atoms with Gasteiger partial charge in [-0.15, -0.1) is 0 Å². The van der Waals surface area contributed by atoms with E-state index in [9.17, 15) is 9.59 Å². The summed E-state index contributed by atoms with van der Waals surface area (Å²) in [6.45, 7) is 4.53. The molecule has 0 bridgehead atoms. The molecule has 0 aliphatic rings. The van der Waals surface area contributed by atoms with Crippen molar-refractivity contribution >= 4 is 29.1 Å². The Labute approximate surface area is 159 Å². The smallest absolute Gasteiger partial charge is 0.238 e. The van der Waals surface area contributed by atoms with Gasteiger partial charge in [-0.2, -0.15) is 0 Å². The number of nitrogens with one attached hydrogen (secondary N) is 2. The summed E-state index contributed by atoms with van der Waals surface area (Å²) in [6.07, 6.45) is 0. The van der Waals surface area contributed by atoms with E-state index in [4.69, 9.17) is 11.6 Å². The molecule has 2 aromatic rings. The number of benzene rings is 2. The molecule has 0 spiro atoms. The molecule has 5 nitrogen and oxygen atoms in total. The van der Waals surface area contributed by atoms with Crippen molar-refractivity contribution in [1.82, 2.24) is 10.2 Å². The van der Waals surface area contributed by atoms with Crippen LogP contribution in [0.15, 0.2) is 42.5 Å². The van der Waals surface area contributed by atoms with Crippen molar-refractivity contribution < 1.29 is 9.59 Å². The van der Waals surface area contributed by atoms with Crippen LogP contribution in [0.2, 0.25) is 5.02 Å². The SMILES string of the molecule is Cc1cccc(C)c1NC(=O)CN(C)CC(=O)NCc1ccccc1Cl. The minimum atomic E-state index is -0.160. The summed E-state index contributed by atoms with van der Waals surface area (Å²) in [5.41, 5.74) is 3.71. The summed E-state index contributed by atoms with van der Waals surface area (Å²) in [7, 11) is 1.74. The van der Waals surface area contributed by atoms with E-state index in [-0.39, 0.29) is 24.9 Å². The number of para-hydroxylation sites is 1. The Morgan fingerprint density at radius 3 is 2.23 bits per heavy atom. The molecule has 138 valence electrons. The summed E-state index contributed by atoms with van der Waals surface area (Å²) in [5.74, 6) is -0.309. The van der Waals surface area contributed by atoms with E-state index in [2.05, 4.69) is 10.6 Å². The Bertz CT molecular complexity index is 772. The Kier molecular flexibility index (Phi) is 7.18. The van der Waals surface area contributed by atoms with Gasteiger partial charge in [-0.25, -0.2) is 0 Å². The van der Waals surface area contributed by atoms with E-state index < -0.39 is 0 Å². The second kappa shape index (κ2) is 9.36. The normalized spacial score (nSPS) is 10.7. The van der Waals surface area contributed by atoms with Crippen molar-refractivity contribution in [3.8, 4) is 0 Å². The van der Waals surface area contributed by atoms with Gasteiger partial charge in [-0.05, 0) is 43.7 Å². The Hall–Kier alpha value is -2.37. The van der Waals surface area contributed by atoms with Gasteiger partial charge in [0.25, 0.3) is 0 Å². The highest BCUT2D eigenvalue weighted by atomic mass is 35.5. The molecule has 0 aromatic heterocycles. The zero-order valence-electron chi connectivity index (χ0n) is 15.3. The predicted molar refractivity (Wildman–Crippen MR) is 105 cm³/mol. The van der Waals surface area contributed by atoms with Crippen molar-refractivity contribution in [2.45, 2.75) is 20.4 Å². The Balaban J connectivity index is 1.80. The van der Waals surface area contributed by atoms with Crippen LogP contribution in [0.3, 0.4) is 0 Å². The Morgan fingerprint density at radius 2 is 1.58 bits per heavy atom. The van der Waals surface area contributed by atoms with Gasteiger partial charge in [-0.3, -0.25) is 14.5 Å². The van der Waals surface area contributed by atoms with Crippen molar-refractivity contribution in [3.05, 3.63) is 64.2 Å². The predicted octanol–water partition coefficient (Wildman–Crippen LogP) is 3.14. The number of carbonyl (C=O) groups is 2. The first-order valence-electron chi connectivity index (χ1n) is 8.41. The molecule has 0 unspecified atom stereocenters. The van der Waals surface area contributed by atoms with Crippen LogP contribution in [0.4, 0.5) is 5.69 Å². The van der Waals surface area contributed by atoms with E-state index in [0.717, 1.165) is 22.4 Å². The fraction of sp³-hybridized carbons (Fsp3) is 0.300. The lowest BCUT2D eigenvalue weighted by molar-refractivity contribution is -0.123. The molecule has 2 N–H and O–H groups in total. The van der Waals surface area contributed by atoms with Crippen LogP contribution in [0.25, 0.3) is 0 Å². The molecule has 0 heterocycles. The molecule has 0 aliphatic carbocycles. The third-order valence-electron chi connectivity index (χ3n) is 4.01. The van der Waals surface area contributed by atoms with E-state index in [1.165, 1.54) is 0 Å². The summed E-state index contributed by atoms with van der Waals surface area (Å²) in [6, 6.07) is 13.2. The third kappa shape index (κ3) is 5.86. The molecule has 0 fully saturated rings. The summed E-state index contributed by atoms with van der Waals surface area (Å²) in [5, 5.41) is 6.35. The fourth-order valence-corrected chi connectivity index (χ4v) is 2.83. The van der Waals surface area contributed by atoms with Crippen LogP contribution in [0.1, 0.15) is 16.7 Å². The quantitative estimate of drug-likeness (QED) is 0.783. The van der Waals surface area contributed by atoms with Crippen LogP contribution >= 0.6 is 11.6 Å². The lowest BCUT2D eigenvalue weighted by Gasteiger charge is -2.17. The number of nitrogens with zero attached hydrogens (tertiary/aromatic N) is 1. The second-order valence-corrected chi connectivity index (χ2v) is 6.76. The molecule has 0 aliphatic heterocycles. The van der Waals surface area contributed by atoms with Crippen LogP contribution in [0, 0.1) is 13.8 Å². The molecule has 6 heteroatoms. The van der Waals surface area contributed by atoms with Gasteiger partial charge in [-0.1, -0.05) is 48.0 Å². The van der Waals surface area contributed by atoms with Crippen molar-refractivity contribution in [2.75, 3.05) is 25.5 Å². The maximum Gasteiger partial charge on any atom is 0.238 e. The van der Waals surface area contributed by atoms with E-state index in [1.807, 2.05) is 50.2 Å². The number of halogens is 1. The molecule has 0 atom stereocenters. The molecule has 2 rings (SSSR count). The molecule has 2 amide bonds. The number of carbonyl (C=O) groups excluding carboxylic acids is 2. The first-order valence-corrected chi connectivity index (χ1v) is 8.79. The van der Waals surface area contributed by atoms with Crippen LogP contribution < -0.4 is 10.6 Å². The zero-order valence-corrected chi connectivity index (χ0v) is 16.1. The van der Waals surface area contributed by atoms with Gasteiger partial charge in [0.2, 0.25) is 11.8 Å². The second-order valence-electron chi connectivity index (χ2n) is 6.36. The minimum Gasteiger partial charge on any atom is -0.351 e. The number of anilines is 1. The van der Waals surface area contributed by atoms with Crippen LogP contribution in [0.5, 0.6) is 0 Å². The van der Waals surface area contributed by atoms with Gasteiger partial charge in [0.1, 0.15) is 0 Å². The number of hydrogen-bond acceptors (Lipinski definition) is 3. The van der Waals surface area contributed by atoms with E-state index in [1.54, 1.807) is 18.0 Å². The molecule has 0 saturated heterocycles. The van der Waals surface area contributed by atoms with Crippen LogP contribution in [-0.2, 0) is 16.1 Å². The van der Waals surface area contributed by atoms with Crippen molar-refractivity contribution in [3.63, 3.8) is 0 Å². The first-order chi connectivity index (χ1) is 12.4. The molecule has 26 heavy (non-hydrogen) atoms. The van der Waals surface area contributed by atoms with Gasteiger partial charge < -0.3 is 10.6 Å². The monoisotopic (exact) mass is 373 g/mol. The van der Waals surface area contributed by atoms with Gasteiger partial charge in [0.15, 0.2) is 0 Å². The summed E-state index contributed by atoms with van der Waals surface area (Å²) < 4.78 is 0. The zero-order chi connectivity index (χ0) is 19.1. The highest BCUT2D eigenvalue weighted by molar-refractivity contribution is 6.31. The fourth-order valence-electron chi connectivity index (χ4n) is 2.63. The van der Waals surface area contributed by atoms with Gasteiger partial charge in [0.05, 0.1) is 13.1 Å².